The number of aliphatic imine (C=N–C) groups is 1. The quantitative estimate of drug-likeness (QED) is 0.700. The van der Waals surface area contributed by atoms with Crippen molar-refractivity contribution in [2.45, 2.75) is 24.8 Å². The summed E-state index contributed by atoms with van der Waals surface area (Å²) in [4.78, 5) is 6.73. The maximum atomic E-state index is 12.1. The van der Waals surface area contributed by atoms with Gasteiger partial charge in [0.1, 0.15) is 0 Å². The van der Waals surface area contributed by atoms with Crippen molar-refractivity contribution in [1.82, 2.24) is 0 Å². The molecule has 0 radical (unpaired) electrons. The summed E-state index contributed by atoms with van der Waals surface area (Å²) in [6.45, 7) is 2.06. The van der Waals surface area contributed by atoms with E-state index in [0.717, 1.165) is 16.6 Å². The highest BCUT2D eigenvalue weighted by Gasteiger charge is 2.47. The molecule has 8 heteroatoms. The van der Waals surface area contributed by atoms with Crippen LogP contribution in [0.25, 0.3) is 0 Å². The molecule has 1 saturated heterocycles. The molecule has 0 aliphatic carbocycles. The van der Waals surface area contributed by atoms with Crippen LogP contribution in [0.3, 0.4) is 0 Å². The molecule has 2 aliphatic rings. The molecule has 27 heavy (non-hydrogen) atoms. The summed E-state index contributed by atoms with van der Waals surface area (Å²) in [5.41, 5.74) is 3.20. The van der Waals surface area contributed by atoms with Crippen molar-refractivity contribution < 1.29 is 8.42 Å². The number of aryl methyl sites for hydroxylation is 1. The Balaban J connectivity index is 1.64. The summed E-state index contributed by atoms with van der Waals surface area (Å²) in [5, 5.41) is 1.85. The third-order valence-electron chi connectivity index (χ3n) is 4.72. The monoisotopic (exact) mass is 440 g/mol. The van der Waals surface area contributed by atoms with E-state index in [4.69, 9.17) is 28.2 Å². The first-order chi connectivity index (χ1) is 12.8. The molecule has 2 atom stereocenters. The second kappa shape index (κ2) is 7.32. The molecular weight excluding hydrogens is 423 g/mol. The van der Waals surface area contributed by atoms with E-state index in [9.17, 15) is 8.42 Å². The highest BCUT2D eigenvalue weighted by Crippen LogP contribution is 2.37. The van der Waals surface area contributed by atoms with Crippen molar-refractivity contribution in [2.75, 3.05) is 16.4 Å². The Kier molecular flexibility index (Phi) is 5.18. The van der Waals surface area contributed by atoms with Crippen LogP contribution in [0, 0.1) is 6.92 Å². The molecule has 0 N–H and O–H groups in total. The lowest BCUT2D eigenvalue weighted by Gasteiger charge is -2.27. The van der Waals surface area contributed by atoms with Gasteiger partial charge in [-0.25, -0.2) is 8.42 Å². The fourth-order valence-electron chi connectivity index (χ4n) is 3.45. The number of amidine groups is 1. The van der Waals surface area contributed by atoms with Gasteiger partial charge >= 0.3 is 0 Å². The van der Waals surface area contributed by atoms with Gasteiger partial charge in [-0.15, -0.1) is 0 Å². The summed E-state index contributed by atoms with van der Waals surface area (Å²) in [5.74, 6) is 0.951. The molecule has 4 rings (SSSR count). The third kappa shape index (κ3) is 4.14. The van der Waals surface area contributed by atoms with E-state index >= 15 is 0 Å². The number of halogens is 2. The van der Waals surface area contributed by atoms with E-state index in [1.165, 1.54) is 11.1 Å². The Labute approximate surface area is 173 Å². The van der Waals surface area contributed by atoms with E-state index in [2.05, 4.69) is 31.2 Å². The Morgan fingerprint density at radius 2 is 1.78 bits per heavy atom. The largest absolute Gasteiger partial charge is 0.315 e. The Morgan fingerprint density at radius 3 is 2.44 bits per heavy atom. The maximum absolute atomic E-state index is 12.1. The molecular formula is C19H18Cl2N2O2S2. The first-order valence-corrected chi connectivity index (χ1v) is 12.1. The highest BCUT2D eigenvalue weighted by molar-refractivity contribution is 8.13. The van der Waals surface area contributed by atoms with E-state index in [-0.39, 0.29) is 23.6 Å². The van der Waals surface area contributed by atoms with Gasteiger partial charge in [-0.3, -0.25) is 4.99 Å². The molecule has 0 bridgehead atoms. The average molecular weight is 441 g/mol. The van der Waals surface area contributed by atoms with Gasteiger partial charge in [0.2, 0.25) is 0 Å². The molecule has 2 aromatic carbocycles. The summed E-state index contributed by atoms with van der Waals surface area (Å²) >= 11 is 14.0. The first kappa shape index (κ1) is 19.1. The predicted octanol–water partition coefficient (Wildman–Crippen LogP) is 4.58. The van der Waals surface area contributed by atoms with Gasteiger partial charge in [0.25, 0.3) is 0 Å². The fourth-order valence-corrected chi connectivity index (χ4v) is 6.88. The number of hydrogen-bond donors (Lipinski definition) is 0. The first-order valence-electron chi connectivity index (χ1n) is 8.53. The molecule has 0 spiro atoms. The zero-order valence-electron chi connectivity index (χ0n) is 14.6. The Hall–Kier alpha value is -1.21. The van der Waals surface area contributed by atoms with Gasteiger partial charge in [0.05, 0.1) is 23.6 Å². The molecule has 4 nitrogen and oxygen atoms in total. The zero-order valence-corrected chi connectivity index (χ0v) is 17.7. The number of sulfone groups is 1. The minimum atomic E-state index is -3.09. The van der Waals surface area contributed by atoms with E-state index in [0.29, 0.717) is 10.0 Å². The summed E-state index contributed by atoms with van der Waals surface area (Å²) in [6, 6.07) is 13.2. The number of thioether (sulfide) groups is 1. The van der Waals surface area contributed by atoms with Crippen LogP contribution in [0.4, 0.5) is 5.69 Å². The number of fused-ring (bicyclic) bond motifs is 1. The summed E-state index contributed by atoms with van der Waals surface area (Å²) in [6.07, 6.45) is 0. The van der Waals surface area contributed by atoms with Crippen LogP contribution >= 0.6 is 35.0 Å². The second-order valence-corrected chi connectivity index (χ2v) is 10.9. The van der Waals surface area contributed by atoms with Gasteiger partial charge in [-0.2, -0.15) is 0 Å². The molecule has 0 saturated carbocycles. The second-order valence-electron chi connectivity index (χ2n) is 6.90. The number of hydrogen-bond acceptors (Lipinski definition) is 5. The van der Waals surface area contributed by atoms with E-state index in [1.54, 1.807) is 17.8 Å². The molecule has 2 aliphatic heterocycles. The summed E-state index contributed by atoms with van der Waals surface area (Å²) in [7, 11) is -3.09. The minimum Gasteiger partial charge on any atom is -0.315 e. The Morgan fingerprint density at radius 1 is 1.11 bits per heavy atom. The molecule has 0 unspecified atom stereocenters. The standard InChI is InChI=1S/C19H18Cl2N2O2S2/c1-12-2-4-13(5-3-12)9-26-19-22-17-10-27(24,25)11-18(17)23(19)16-7-14(20)6-15(21)8-16/h2-8,17-18H,9-11H2,1H3/t17-,18+/m1/s1. The zero-order chi connectivity index (χ0) is 19.2. The molecule has 0 aromatic heterocycles. The van der Waals surface area contributed by atoms with Crippen molar-refractivity contribution >= 4 is 55.7 Å². The molecule has 142 valence electrons. The lowest BCUT2D eigenvalue weighted by molar-refractivity contribution is 0.601. The normalized spacial score (nSPS) is 23.4. The lowest BCUT2D eigenvalue weighted by Crippen LogP contribution is -2.39. The van der Waals surface area contributed by atoms with E-state index in [1.807, 2.05) is 17.0 Å². The summed E-state index contributed by atoms with van der Waals surface area (Å²) < 4.78 is 24.2. The number of rotatable bonds is 3. The SMILES string of the molecule is Cc1ccc(CSC2=N[C@@H]3CS(=O)(=O)C[C@@H]3N2c2cc(Cl)cc(Cl)c2)cc1. The molecule has 1 fully saturated rings. The van der Waals surface area contributed by atoms with Gasteiger partial charge < -0.3 is 4.90 Å². The van der Waals surface area contributed by atoms with E-state index < -0.39 is 9.84 Å². The number of anilines is 1. The van der Waals surface area contributed by atoms with Crippen LogP contribution in [0.15, 0.2) is 47.5 Å². The third-order valence-corrected chi connectivity index (χ3v) is 7.89. The predicted molar refractivity (Wildman–Crippen MR) is 115 cm³/mol. The van der Waals surface area contributed by atoms with Gasteiger partial charge in [-0.05, 0) is 30.7 Å². The molecule has 0 amide bonds. The molecule has 2 heterocycles. The van der Waals surface area contributed by atoms with Crippen LogP contribution in [0.2, 0.25) is 10.0 Å². The van der Waals surface area contributed by atoms with Crippen LogP contribution in [0.1, 0.15) is 11.1 Å². The van der Waals surface area contributed by atoms with Gasteiger partial charge in [0, 0.05) is 21.5 Å². The van der Waals surface area contributed by atoms with Crippen molar-refractivity contribution in [3.8, 4) is 0 Å². The van der Waals surface area contributed by atoms with Crippen molar-refractivity contribution in [2.24, 2.45) is 4.99 Å². The van der Waals surface area contributed by atoms with Crippen LogP contribution in [-0.4, -0.2) is 37.2 Å². The van der Waals surface area contributed by atoms with Crippen LogP contribution in [-0.2, 0) is 15.6 Å². The molecule has 2 aromatic rings. The minimum absolute atomic E-state index is 0.0943. The van der Waals surface area contributed by atoms with Crippen molar-refractivity contribution in [3.05, 3.63) is 63.6 Å². The fraction of sp³-hybridized carbons (Fsp3) is 0.316. The maximum Gasteiger partial charge on any atom is 0.164 e. The topological polar surface area (TPSA) is 49.7 Å². The van der Waals surface area contributed by atoms with Gasteiger partial charge in [0.15, 0.2) is 15.0 Å². The Bertz CT molecular complexity index is 987. The van der Waals surface area contributed by atoms with Crippen molar-refractivity contribution in [1.29, 1.82) is 0 Å². The smallest absolute Gasteiger partial charge is 0.164 e. The lowest BCUT2D eigenvalue weighted by atomic mass is 10.1. The van der Waals surface area contributed by atoms with Crippen LogP contribution in [0.5, 0.6) is 0 Å². The highest BCUT2D eigenvalue weighted by atomic mass is 35.5. The average Bonchev–Trinajstić information content (AvgIpc) is 3.04. The van der Waals surface area contributed by atoms with Crippen molar-refractivity contribution in [3.63, 3.8) is 0 Å². The van der Waals surface area contributed by atoms with Crippen LogP contribution < -0.4 is 4.90 Å². The number of benzene rings is 2. The van der Waals surface area contributed by atoms with Gasteiger partial charge in [-0.1, -0.05) is 64.8 Å². The number of nitrogens with zero attached hydrogens (tertiary/aromatic N) is 2.